The molecule has 7 nitrogen and oxygen atoms in total. The molecular weight excluding hydrogens is 469 g/mol. The lowest BCUT2D eigenvalue weighted by Gasteiger charge is -2.40. The predicted molar refractivity (Wildman–Crippen MR) is 144 cm³/mol. The maximum absolute atomic E-state index is 13.6. The zero-order valence-electron chi connectivity index (χ0n) is 22.6. The van der Waals surface area contributed by atoms with Crippen molar-refractivity contribution in [2.45, 2.75) is 145 Å². The van der Waals surface area contributed by atoms with E-state index in [1.807, 2.05) is 0 Å². The van der Waals surface area contributed by atoms with Gasteiger partial charge in [-0.05, 0) is 115 Å². The zero-order chi connectivity index (χ0) is 25.9. The summed E-state index contributed by atoms with van der Waals surface area (Å²) >= 11 is 0. The van der Waals surface area contributed by atoms with Crippen LogP contribution in [0.4, 0.5) is 4.39 Å². The lowest BCUT2D eigenvalue weighted by molar-refractivity contribution is -0.127. The quantitative estimate of drug-likeness (QED) is 0.299. The molecule has 0 bridgehead atoms. The highest BCUT2D eigenvalue weighted by atomic mass is 19.1. The minimum absolute atomic E-state index is 0.0684. The summed E-state index contributed by atoms with van der Waals surface area (Å²) in [5.74, 6) is 1.75. The zero-order valence-corrected chi connectivity index (χ0v) is 22.6. The van der Waals surface area contributed by atoms with Gasteiger partial charge in [-0.1, -0.05) is 0 Å². The van der Waals surface area contributed by atoms with E-state index in [9.17, 15) is 9.18 Å². The number of carbonyl (C=O) groups is 1. The van der Waals surface area contributed by atoms with Gasteiger partial charge in [0.25, 0.3) is 0 Å². The SMILES string of the molecule is N=C(N)C1CCC2CC(C(=O)NC3CCC(N)CC3)N(CC3CCC(OC4CCC(F)CC4)CC3)C2C1. The number of ether oxygens (including phenoxy) is 1. The van der Waals surface area contributed by atoms with Crippen LogP contribution in [0.5, 0.6) is 0 Å². The topological polar surface area (TPSA) is 117 Å². The lowest BCUT2D eigenvalue weighted by atomic mass is 9.77. The third-order valence-electron chi connectivity index (χ3n) is 10.4. The maximum Gasteiger partial charge on any atom is 0.237 e. The van der Waals surface area contributed by atoms with Crippen LogP contribution in [0.25, 0.3) is 0 Å². The number of hydrogen-bond donors (Lipinski definition) is 4. The number of halogens is 1. The Morgan fingerprint density at radius 1 is 0.892 bits per heavy atom. The first-order valence-corrected chi connectivity index (χ1v) is 15.3. The van der Waals surface area contributed by atoms with E-state index in [-0.39, 0.29) is 36.1 Å². The largest absolute Gasteiger partial charge is 0.387 e. The molecule has 0 spiro atoms. The molecule has 0 aromatic heterocycles. The Bertz CT molecular complexity index is 774. The van der Waals surface area contributed by atoms with Crippen molar-refractivity contribution in [2.75, 3.05) is 6.54 Å². The molecule has 4 atom stereocenters. The van der Waals surface area contributed by atoms with Gasteiger partial charge in [-0.15, -0.1) is 0 Å². The Labute approximate surface area is 222 Å². The van der Waals surface area contributed by atoms with Crippen LogP contribution in [-0.4, -0.2) is 65.7 Å². The summed E-state index contributed by atoms with van der Waals surface area (Å²) in [6, 6.07) is 0.811. The predicted octanol–water partition coefficient (Wildman–Crippen LogP) is 4.02. The number of nitrogens with zero attached hydrogens (tertiary/aromatic N) is 1. The van der Waals surface area contributed by atoms with Gasteiger partial charge in [0.1, 0.15) is 6.17 Å². The molecule has 6 N–H and O–H groups in total. The van der Waals surface area contributed by atoms with Gasteiger partial charge in [-0.3, -0.25) is 15.1 Å². The van der Waals surface area contributed by atoms with E-state index in [0.717, 1.165) is 96.4 Å². The Kier molecular flexibility index (Phi) is 9.08. The van der Waals surface area contributed by atoms with Crippen molar-refractivity contribution in [3.8, 4) is 0 Å². The number of amidine groups is 1. The molecule has 4 aliphatic carbocycles. The molecule has 5 aliphatic rings. The number of rotatable bonds is 7. The Morgan fingerprint density at radius 3 is 2.19 bits per heavy atom. The van der Waals surface area contributed by atoms with Gasteiger partial charge >= 0.3 is 0 Å². The lowest BCUT2D eigenvalue weighted by Crippen LogP contribution is -2.52. The van der Waals surface area contributed by atoms with Crippen molar-refractivity contribution in [1.29, 1.82) is 5.41 Å². The van der Waals surface area contributed by atoms with E-state index in [1.165, 1.54) is 0 Å². The summed E-state index contributed by atoms with van der Waals surface area (Å²) in [5, 5.41) is 11.5. The van der Waals surface area contributed by atoms with Gasteiger partial charge in [0.2, 0.25) is 5.91 Å². The molecule has 210 valence electrons. The number of alkyl halides is 1. The molecule has 5 fully saturated rings. The van der Waals surface area contributed by atoms with E-state index in [0.29, 0.717) is 42.7 Å². The number of carbonyl (C=O) groups excluding carboxylic acids is 1. The van der Waals surface area contributed by atoms with Gasteiger partial charge in [-0.2, -0.15) is 0 Å². The number of nitrogens with two attached hydrogens (primary N) is 2. The van der Waals surface area contributed by atoms with Crippen LogP contribution in [0.2, 0.25) is 0 Å². The minimum atomic E-state index is -0.636. The average Bonchev–Trinajstić information content (AvgIpc) is 3.25. The molecule has 1 amide bonds. The number of hydrogen-bond acceptors (Lipinski definition) is 5. The highest BCUT2D eigenvalue weighted by Crippen LogP contribution is 2.43. The summed E-state index contributed by atoms with van der Waals surface area (Å²) in [7, 11) is 0. The first kappa shape index (κ1) is 27.3. The molecule has 8 heteroatoms. The second-order valence-electron chi connectivity index (χ2n) is 13.0. The third kappa shape index (κ3) is 6.85. The summed E-state index contributed by atoms with van der Waals surface area (Å²) in [5.41, 5.74) is 12.0. The molecule has 5 rings (SSSR count). The first-order valence-electron chi connectivity index (χ1n) is 15.3. The van der Waals surface area contributed by atoms with Crippen LogP contribution >= 0.6 is 0 Å². The van der Waals surface area contributed by atoms with E-state index < -0.39 is 6.17 Å². The Hall–Kier alpha value is -1.25. The minimum Gasteiger partial charge on any atom is -0.387 e. The molecule has 0 aromatic carbocycles. The van der Waals surface area contributed by atoms with Crippen LogP contribution in [0.3, 0.4) is 0 Å². The molecule has 37 heavy (non-hydrogen) atoms. The standard InChI is InChI=1S/C29H50FN5O2/c30-21-5-13-25(14-6-21)37-24-11-1-18(2-12-24)17-35-26-16-20(28(32)33)4-3-19(26)15-27(35)29(36)34-23-9-7-22(31)8-10-23/h18-27H,1-17,31H2,(H3,32,33)(H,34,36). The van der Waals surface area contributed by atoms with E-state index >= 15 is 0 Å². The fourth-order valence-corrected chi connectivity index (χ4v) is 8.09. The van der Waals surface area contributed by atoms with Crippen molar-refractivity contribution >= 4 is 11.7 Å². The van der Waals surface area contributed by atoms with Gasteiger partial charge in [-0.25, -0.2) is 4.39 Å². The van der Waals surface area contributed by atoms with E-state index in [1.54, 1.807) is 0 Å². The number of likely N-dealkylation sites (tertiary alicyclic amines) is 1. The van der Waals surface area contributed by atoms with Crippen molar-refractivity contribution in [2.24, 2.45) is 29.2 Å². The van der Waals surface area contributed by atoms with E-state index in [2.05, 4.69) is 10.2 Å². The fraction of sp³-hybridized carbons (Fsp3) is 0.931. The van der Waals surface area contributed by atoms with Crippen LogP contribution < -0.4 is 16.8 Å². The van der Waals surface area contributed by atoms with Crippen LogP contribution in [0.1, 0.15) is 103 Å². The molecule has 1 aliphatic heterocycles. The normalized spacial score (nSPS) is 43.2. The monoisotopic (exact) mass is 519 g/mol. The highest BCUT2D eigenvalue weighted by molar-refractivity contribution is 5.83. The van der Waals surface area contributed by atoms with Crippen LogP contribution in [0.15, 0.2) is 0 Å². The highest BCUT2D eigenvalue weighted by Gasteiger charge is 2.48. The van der Waals surface area contributed by atoms with Gasteiger partial charge in [0.05, 0.1) is 24.1 Å². The molecule has 1 saturated heterocycles. The van der Waals surface area contributed by atoms with E-state index in [4.69, 9.17) is 21.6 Å². The van der Waals surface area contributed by atoms with Gasteiger partial charge in [0, 0.05) is 30.6 Å². The summed E-state index contributed by atoms with van der Waals surface area (Å²) in [6.07, 6.45) is 15.1. The number of nitrogens with one attached hydrogen (secondary N) is 2. The van der Waals surface area contributed by atoms with Crippen molar-refractivity contribution in [1.82, 2.24) is 10.2 Å². The molecule has 4 saturated carbocycles. The summed E-state index contributed by atoms with van der Waals surface area (Å²) in [6.45, 7) is 0.957. The van der Waals surface area contributed by atoms with Crippen molar-refractivity contribution in [3.63, 3.8) is 0 Å². The van der Waals surface area contributed by atoms with Gasteiger partial charge in [0.15, 0.2) is 0 Å². The maximum atomic E-state index is 13.6. The molecule has 0 radical (unpaired) electrons. The first-order chi connectivity index (χ1) is 17.9. The fourth-order valence-electron chi connectivity index (χ4n) is 8.09. The second kappa shape index (κ2) is 12.3. The van der Waals surface area contributed by atoms with Crippen LogP contribution in [-0.2, 0) is 9.53 Å². The van der Waals surface area contributed by atoms with Crippen LogP contribution in [0, 0.1) is 23.2 Å². The second-order valence-corrected chi connectivity index (χ2v) is 13.0. The number of amides is 1. The third-order valence-corrected chi connectivity index (χ3v) is 10.4. The van der Waals surface area contributed by atoms with Crippen molar-refractivity contribution < 1.29 is 13.9 Å². The Balaban J connectivity index is 1.18. The van der Waals surface area contributed by atoms with Crippen molar-refractivity contribution in [3.05, 3.63) is 0 Å². The summed E-state index contributed by atoms with van der Waals surface area (Å²) in [4.78, 5) is 16.1. The average molecular weight is 520 g/mol. The van der Waals surface area contributed by atoms with Gasteiger partial charge < -0.3 is 21.5 Å². The summed E-state index contributed by atoms with van der Waals surface area (Å²) < 4.78 is 19.9. The smallest absolute Gasteiger partial charge is 0.237 e. The Morgan fingerprint density at radius 2 is 1.54 bits per heavy atom. The molecule has 1 heterocycles. The molecule has 0 aromatic rings. The molecular formula is C29H50FN5O2. The number of fused-ring (bicyclic) bond motifs is 1. The molecule has 4 unspecified atom stereocenters.